The number of terminal acetylenes is 2. The molecule has 0 amide bonds. The molecule has 0 aliphatic carbocycles. The molecule has 82 valence electrons. The highest BCUT2D eigenvalue weighted by molar-refractivity contribution is 5.43. The zero-order valence-corrected chi connectivity index (χ0v) is 8.77. The Balaban J connectivity index is 2.88. The first-order valence-electron chi connectivity index (χ1n) is 4.68. The van der Waals surface area contributed by atoms with Gasteiger partial charge in [0.2, 0.25) is 0 Å². The van der Waals surface area contributed by atoms with Crippen LogP contribution in [-0.2, 0) is 6.61 Å². The summed E-state index contributed by atoms with van der Waals surface area (Å²) in [4.78, 5) is 0. The molecule has 3 heteroatoms. The van der Waals surface area contributed by atoms with Gasteiger partial charge in [0.25, 0.3) is 0 Å². The van der Waals surface area contributed by atoms with Gasteiger partial charge in [-0.3, -0.25) is 0 Å². The predicted molar refractivity (Wildman–Crippen MR) is 61.0 cm³/mol. The molecule has 0 saturated carbocycles. The van der Waals surface area contributed by atoms with Crippen LogP contribution in [0, 0.1) is 24.7 Å². The van der Waals surface area contributed by atoms with Gasteiger partial charge in [-0.1, -0.05) is 17.9 Å². The van der Waals surface area contributed by atoms with Crippen molar-refractivity contribution in [2.75, 3.05) is 13.2 Å². The Kier molecular flexibility index (Phi) is 4.79. The van der Waals surface area contributed by atoms with Gasteiger partial charge in [-0.15, -0.1) is 12.8 Å². The normalized spacial score (nSPS) is 8.94. The summed E-state index contributed by atoms with van der Waals surface area (Å²) in [6.45, 7) is 0.230. The maximum Gasteiger partial charge on any atom is 0.163 e. The van der Waals surface area contributed by atoms with Crippen LogP contribution in [-0.4, -0.2) is 18.3 Å². The van der Waals surface area contributed by atoms with E-state index >= 15 is 0 Å². The third-order valence-corrected chi connectivity index (χ3v) is 1.81. The number of aliphatic hydroxyl groups is 1. The van der Waals surface area contributed by atoms with Crippen LogP contribution in [0.15, 0.2) is 18.2 Å². The van der Waals surface area contributed by atoms with E-state index in [9.17, 15) is 0 Å². The molecule has 0 bridgehead atoms. The molecule has 0 atom stereocenters. The summed E-state index contributed by atoms with van der Waals surface area (Å²) in [5.41, 5.74) is 0.722. The largest absolute Gasteiger partial charge is 0.477 e. The van der Waals surface area contributed by atoms with Crippen LogP contribution >= 0.6 is 0 Å². The lowest BCUT2D eigenvalue weighted by atomic mass is 10.2. The molecule has 0 radical (unpaired) electrons. The Morgan fingerprint density at radius 2 is 1.69 bits per heavy atom. The smallest absolute Gasteiger partial charge is 0.163 e. The zero-order chi connectivity index (χ0) is 11.8. The Hall–Kier alpha value is -2.10. The summed E-state index contributed by atoms with van der Waals surface area (Å²) >= 11 is 0. The molecule has 0 fully saturated rings. The zero-order valence-electron chi connectivity index (χ0n) is 8.77. The Bertz CT molecular complexity index is 424. The minimum Gasteiger partial charge on any atom is -0.477 e. The van der Waals surface area contributed by atoms with Gasteiger partial charge in [-0.2, -0.15) is 0 Å². The molecule has 0 spiro atoms. The molecule has 0 saturated heterocycles. The van der Waals surface area contributed by atoms with E-state index in [2.05, 4.69) is 11.8 Å². The van der Waals surface area contributed by atoms with Gasteiger partial charge in [-0.05, 0) is 17.7 Å². The molecule has 1 aromatic carbocycles. The second kappa shape index (κ2) is 6.40. The number of aliphatic hydroxyl groups excluding tert-OH is 1. The van der Waals surface area contributed by atoms with Crippen molar-refractivity contribution in [3.05, 3.63) is 23.8 Å². The molecule has 1 aromatic rings. The van der Waals surface area contributed by atoms with Crippen LogP contribution < -0.4 is 9.47 Å². The van der Waals surface area contributed by atoms with Crippen LogP contribution in [0.2, 0.25) is 0 Å². The van der Waals surface area contributed by atoms with Crippen LogP contribution in [0.3, 0.4) is 0 Å². The lowest BCUT2D eigenvalue weighted by Gasteiger charge is -2.10. The van der Waals surface area contributed by atoms with E-state index in [1.54, 1.807) is 18.2 Å². The lowest BCUT2D eigenvalue weighted by molar-refractivity contribution is 0.278. The van der Waals surface area contributed by atoms with Gasteiger partial charge < -0.3 is 14.6 Å². The van der Waals surface area contributed by atoms with E-state index < -0.39 is 0 Å². The highest BCUT2D eigenvalue weighted by atomic mass is 16.5. The molecule has 3 nitrogen and oxygen atoms in total. The van der Waals surface area contributed by atoms with Gasteiger partial charge in [0.05, 0.1) is 6.61 Å². The molecule has 1 rings (SSSR count). The number of hydrogen-bond acceptors (Lipinski definition) is 3. The van der Waals surface area contributed by atoms with Crippen molar-refractivity contribution in [2.24, 2.45) is 0 Å². The fourth-order valence-corrected chi connectivity index (χ4v) is 1.12. The van der Waals surface area contributed by atoms with Gasteiger partial charge in [0.1, 0.15) is 13.2 Å². The predicted octanol–water partition coefficient (Wildman–Crippen LogP) is 1.20. The number of hydrogen-bond donors (Lipinski definition) is 1. The number of benzene rings is 1. The molecule has 0 aliphatic heterocycles. The Morgan fingerprint density at radius 1 is 1.06 bits per heavy atom. The molecule has 0 unspecified atom stereocenters. The highest BCUT2D eigenvalue weighted by Gasteiger charge is 2.05. The van der Waals surface area contributed by atoms with Crippen molar-refractivity contribution < 1.29 is 14.6 Å². The SMILES string of the molecule is C#CCOc1ccc(CO)cc1OCC#C. The third-order valence-electron chi connectivity index (χ3n) is 1.81. The van der Waals surface area contributed by atoms with Gasteiger partial charge in [-0.25, -0.2) is 0 Å². The monoisotopic (exact) mass is 216 g/mol. The second-order valence-electron chi connectivity index (χ2n) is 2.92. The summed E-state index contributed by atoms with van der Waals surface area (Å²) < 4.78 is 10.6. The van der Waals surface area contributed by atoms with Crippen LogP contribution in [0.5, 0.6) is 11.5 Å². The Labute approximate surface area is 95.0 Å². The molecule has 16 heavy (non-hydrogen) atoms. The molecule has 1 N–H and O–H groups in total. The van der Waals surface area contributed by atoms with E-state index in [4.69, 9.17) is 27.4 Å². The first-order valence-corrected chi connectivity index (χ1v) is 4.68. The van der Waals surface area contributed by atoms with Gasteiger partial charge >= 0.3 is 0 Å². The van der Waals surface area contributed by atoms with E-state index in [1.165, 1.54) is 0 Å². The quantitative estimate of drug-likeness (QED) is 0.752. The van der Waals surface area contributed by atoms with Crippen LogP contribution in [0.1, 0.15) is 5.56 Å². The van der Waals surface area contributed by atoms with Crippen molar-refractivity contribution in [1.29, 1.82) is 0 Å². The third kappa shape index (κ3) is 3.24. The average molecular weight is 216 g/mol. The molecule has 0 aliphatic rings. The van der Waals surface area contributed by atoms with E-state index in [1.807, 2.05) is 0 Å². The second-order valence-corrected chi connectivity index (χ2v) is 2.92. The molecule has 0 heterocycles. The van der Waals surface area contributed by atoms with Crippen molar-refractivity contribution in [3.8, 4) is 36.2 Å². The minimum absolute atomic E-state index is 0.0676. The summed E-state index contributed by atoms with van der Waals surface area (Å²) in [5, 5.41) is 8.99. The topological polar surface area (TPSA) is 38.7 Å². The van der Waals surface area contributed by atoms with Crippen molar-refractivity contribution in [1.82, 2.24) is 0 Å². The first kappa shape index (κ1) is 12.0. The fraction of sp³-hybridized carbons (Fsp3) is 0.231. The number of ether oxygens (including phenoxy) is 2. The summed E-state index contributed by atoms with van der Waals surface area (Å²) in [6.07, 6.45) is 10.2. The summed E-state index contributed by atoms with van der Waals surface area (Å²) in [6, 6.07) is 5.09. The highest BCUT2D eigenvalue weighted by Crippen LogP contribution is 2.28. The maximum absolute atomic E-state index is 8.99. The van der Waals surface area contributed by atoms with Crippen LogP contribution in [0.25, 0.3) is 0 Å². The first-order chi connectivity index (χ1) is 7.81. The van der Waals surface area contributed by atoms with E-state index in [-0.39, 0.29) is 19.8 Å². The fourth-order valence-electron chi connectivity index (χ4n) is 1.12. The molecular weight excluding hydrogens is 204 g/mol. The van der Waals surface area contributed by atoms with E-state index in [0.717, 1.165) is 5.56 Å². The van der Waals surface area contributed by atoms with Gasteiger partial charge in [0, 0.05) is 0 Å². The van der Waals surface area contributed by atoms with Crippen molar-refractivity contribution in [2.45, 2.75) is 6.61 Å². The van der Waals surface area contributed by atoms with Crippen molar-refractivity contribution in [3.63, 3.8) is 0 Å². The minimum atomic E-state index is -0.0676. The van der Waals surface area contributed by atoms with E-state index in [0.29, 0.717) is 11.5 Å². The Morgan fingerprint density at radius 3 is 2.25 bits per heavy atom. The summed E-state index contributed by atoms with van der Waals surface area (Å²) in [7, 11) is 0. The maximum atomic E-state index is 8.99. The molecular formula is C13H12O3. The van der Waals surface area contributed by atoms with Crippen LogP contribution in [0.4, 0.5) is 0 Å². The number of rotatable bonds is 5. The van der Waals surface area contributed by atoms with Gasteiger partial charge in [0.15, 0.2) is 11.5 Å². The standard InChI is InChI=1S/C13H12O3/c1-3-7-15-12-6-5-11(10-14)9-13(12)16-8-4-2/h1-2,5-6,9,14H,7-8,10H2. The lowest BCUT2D eigenvalue weighted by Crippen LogP contribution is -2.00. The molecule has 0 aromatic heterocycles. The van der Waals surface area contributed by atoms with Crippen molar-refractivity contribution >= 4 is 0 Å². The average Bonchev–Trinajstić information content (AvgIpc) is 2.34. The summed E-state index contributed by atoms with van der Waals surface area (Å²) in [5.74, 6) is 5.72.